The third-order valence-electron chi connectivity index (χ3n) is 3.97. The fraction of sp³-hybridized carbons (Fsp3) is 0.529. The average Bonchev–Trinajstić information content (AvgIpc) is 2.52. The number of rotatable bonds is 4. The van der Waals surface area contributed by atoms with Crippen LogP contribution in [0.1, 0.15) is 26.7 Å². The Morgan fingerprint density at radius 2 is 2.17 bits per heavy atom. The van der Waals surface area contributed by atoms with Crippen LogP contribution in [0, 0.1) is 11.8 Å². The van der Waals surface area contributed by atoms with Crippen LogP contribution in [0.4, 0.5) is 10.5 Å². The SMILES string of the molecule is CC(C)C(=O)NC[C@@H]1CCCN(C(=O)Nc2cccc(Cl)c2)C1. The minimum absolute atomic E-state index is 0.0131. The third-order valence-corrected chi connectivity index (χ3v) is 4.21. The molecule has 0 radical (unpaired) electrons. The summed E-state index contributed by atoms with van der Waals surface area (Å²) in [7, 11) is 0. The van der Waals surface area contributed by atoms with Crippen molar-refractivity contribution in [3.8, 4) is 0 Å². The Morgan fingerprint density at radius 1 is 1.39 bits per heavy atom. The molecule has 3 amide bonds. The third kappa shape index (κ3) is 5.43. The number of hydrogen-bond acceptors (Lipinski definition) is 2. The normalized spacial score (nSPS) is 17.9. The Kier molecular flexibility index (Phi) is 6.28. The van der Waals surface area contributed by atoms with E-state index in [4.69, 9.17) is 11.6 Å². The first-order chi connectivity index (χ1) is 11.0. The Morgan fingerprint density at radius 3 is 2.87 bits per heavy atom. The smallest absolute Gasteiger partial charge is 0.321 e. The molecule has 126 valence electrons. The van der Waals surface area contributed by atoms with E-state index in [0.29, 0.717) is 29.7 Å². The molecule has 2 rings (SSSR count). The van der Waals surface area contributed by atoms with Gasteiger partial charge in [-0.2, -0.15) is 0 Å². The van der Waals surface area contributed by atoms with Gasteiger partial charge in [0.25, 0.3) is 0 Å². The first-order valence-corrected chi connectivity index (χ1v) is 8.42. The summed E-state index contributed by atoms with van der Waals surface area (Å²) in [4.78, 5) is 25.8. The van der Waals surface area contributed by atoms with E-state index in [1.807, 2.05) is 19.9 Å². The minimum Gasteiger partial charge on any atom is -0.356 e. The van der Waals surface area contributed by atoms with E-state index < -0.39 is 0 Å². The molecule has 2 N–H and O–H groups in total. The van der Waals surface area contributed by atoms with Gasteiger partial charge in [0.2, 0.25) is 5.91 Å². The van der Waals surface area contributed by atoms with Crippen LogP contribution < -0.4 is 10.6 Å². The Balaban J connectivity index is 1.85. The summed E-state index contributed by atoms with van der Waals surface area (Å²) in [6, 6.07) is 6.99. The number of nitrogens with zero attached hydrogens (tertiary/aromatic N) is 1. The number of piperidine rings is 1. The fourth-order valence-electron chi connectivity index (χ4n) is 2.63. The van der Waals surface area contributed by atoms with Gasteiger partial charge < -0.3 is 15.5 Å². The van der Waals surface area contributed by atoms with Crippen LogP contribution in [0.15, 0.2) is 24.3 Å². The lowest BCUT2D eigenvalue weighted by molar-refractivity contribution is -0.124. The molecule has 1 aromatic rings. The van der Waals surface area contributed by atoms with Crippen molar-refractivity contribution in [1.29, 1.82) is 0 Å². The van der Waals surface area contributed by atoms with Gasteiger partial charge in [0.1, 0.15) is 0 Å². The first kappa shape index (κ1) is 17.6. The second-order valence-corrected chi connectivity index (χ2v) is 6.73. The van der Waals surface area contributed by atoms with Crippen LogP contribution in [0.5, 0.6) is 0 Å². The number of hydrogen-bond donors (Lipinski definition) is 2. The molecule has 23 heavy (non-hydrogen) atoms. The number of likely N-dealkylation sites (tertiary alicyclic amines) is 1. The number of anilines is 1. The van der Waals surface area contributed by atoms with Gasteiger partial charge in [-0.15, -0.1) is 0 Å². The highest BCUT2D eigenvalue weighted by molar-refractivity contribution is 6.30. The molecule has 1 atom stereocenters. The van der Waals surface area contributed by atoms with Crippen LogP contribution in [-0.4, -0.2) is 36.5 Å². The molecule has 1 aliphatic rings. The number of amides is 3. The molecule has 1 saturated heterocycles. The van der Waals surface area contributed by atoms with Crippen LogP contribution in [0.3, 0.4) is 0 Å². The standard InChI is InChI=1S/C17H24ClN3O2/c1-12(2)16(22)19-10-13-5-4-8-21(11-13)17(23)20-15-7-3-6-14(18)9-15/h3,6-7,9,12-13H,4-5,8,10-11H2,1-2H3,(H,19,22)(H,20,23)/t13-/m0/s1. The van der Waals surface area contributed by atoms with Gasteiger partial charge in [0, 0.05) is 36.3 Å². The molecule has 1 aromatic carbocycles. The van der Waals surface area contributed by atoms with Crippen molar-refractivity contribution in [1.82, 2.24) is 10.2 Å². The Labute approximate surface area is 142 Å². The molecule has 1 heterocycles. The highest BCUT2D eigenvalue weighted by Gasteiger charge is 2.24. The molecule has 0 aliphatic carbocycles. The van der Waals surface area contributed by atoms with Gasteiger partial charge in [0.05, 0.1) is 0 Å². The van der Waals surface area contributed by atoms with Gasteiger partial charge in [-0.05, 0) is 37.0 Å². The Bertz CT molecular complexity index is 563. The van der Waals surface area contributed by atoms with E-state index in [1.54, 1.807) is 23.1 Å². The lowest BCUT2D eigenvalue weighted by Gasteiger charge is -2.33. The summed E-state index contributed by atoms with van der Waals surface area (Å²) in [6.07, 6.45) is 1.98. The largest absolute Gasteiger partial charge is 0.356 e. The van der Waals surface area contributed by atoms with Crippen molar-refractivity contribution < 1.29 is 9.59 Å². The first-order valence-electron chi connectivity index (χ1n) is 8.05. The molecule has 6 heteroatoms. The van der Waals surface area contributed by atoms with E-state index in [2.05, 4.69) is 10.6 Å². The zero-order valence-corrected chi connectivity index (χ0v) is 14.4. The maximum atomic E-state index is 12.4. The van der Waals surface area contributed by atoms with Gasteiger partial charge in [-0.3, -0.25) is 4.79 Å². The number of benzene rings is 1. The van der Waals surface area contributed by atoms with E-state index in [1.165, 1.54) is 0 Å². The summed E-state index contributed by atoms with van der Waals surface area (Å²) in [5.74, 6) is 0.350. The van der Waals surface area contributed by atoms with Gasteiger partial charge in [0.15, 0.2) is 0 Å². The van der Waals surface area contributed by atoms with Gasteiger partial charge >= 0.3 is 6.03 Å². The lowest BCUT2D eigenvalue weighted by Crippen LogP contribution is -2.45. The number of carbonyl (C=O) groups excluding carboxylic acids is 2. The number of carbonyl (C=O) groups is 2. The van der Waals surface area contributed by atoms with Crippen molar-refractivity contribution in [3.63, 3.8) is 0 Å². The average molecular weight is 338 g/mol. The van der Waals surface area contributed by atoms with Crippen molar-refractivity contribution in [2.75, 3.05) is 25.0 Å². The van der Waals surface area contributed by atoms with Gasteiger partial charge in [-0.1, -0.05) is 31.5 Å². The maximum absolute atomic E-state index is 12.4. The van der Waals surface area contributed by atoms with E-state index >= 15 is 0 Å². The summed E-state index contributed by atoms with van der Waals surface area (Å²) in [5, 5.41) is 6.42. The van der Waals surface area contributed by atoms with Crippen molar-refractivity contribution in [2.45, 2.75) is 26.7 Å². The summed E-state index contributed by atoms with van der Waals surface area (Å²) < 4.78 is 0. The summed E-state index contributed by atoms with van der Waals surface area (Å²) in [5.41, 5.74) is 0.692. The molecule has 5 nitrogen and oxygen atoms in total. The zero-order valence-electron chi connectivity index (χ0n) is 13.6. The molecule has 1 fully saturated rings. The van der Waals surface area contributed by atoms with Gasteiger partial charge in [-0.25, -0.2) is 4.79 Å². The monoisotopic (exact) mass is 337 g/mol. The van der Waals surface area contributed by atoms with E-state index in [9.17, 15) is 9.59 Å². The molecule has 0 aromatic heterocycles. The molecular formula is C17H24ClN3O2. The van der Waals surface area contributed by atoms with Crippen molar-refractivity contribution in [3.05, 3.63) is 29.3 Å². The van der Waals surface area contributed by atoms with Crippen LogP contribution >= 0.6 is 11.6 Å². The Hall–Kier alpha value is -1.75. The predicted molar refractivity (Wildman–Crippen MR) is 92.6 cm³/mol. The second-order valence-electron chi connectivity index (χ2n) is 6.29. The maximum Gasteiger partial charge on any atom is 0.321 e. The minimum atomic E-state index is -0.118. The highest BCUT2D eigenvalue weighted by atomic mass is 35.5. The molecule has 0 bridgehead atoms. The number of nitrogens with one attached hydrogen (secondary N) is 2. The second kappa shape index (κ2) is 8.20. The summed E-state index contributed by atoms with van der Waals surface area (Å²) in [6.45, 7) is 5.77. The topological polar surface area (TPSA) is 61.4 Å². The van der Waals surface area contributed by atoms with Crippen molar-refractivity contribution >= 4 is 29.2 Å². The van der Waals surface area contributed by atoms with Crippen LogP contribution in [-0.2, 0) is 4.79 Å². The lowest BCUT2D eigenvalue weighted by atomic mass is 9.98. The van der Waals surface area contributed by atoms with E-state index in [0.717, 1.165) is 19.4 Å². The molecular weight excluding hydrogens is 314 g/mol. The summed E-state index contributed by atoms with van der Waals surface area (Å²) >= 11 is 5.93. The highest BCUT2D eigenvalue weighted by Crippen LogP contribution is 2.19. The van der Waals surface area contributed by atoms with Crippen LogP contribution in [0.25, 0.3) is 0 Å². The molecule has 0 spiro atoms. The fourth-order valence-corrected chi connectivity index (χ4v) is 2.82. The van der Waals surface area contributed by atoms with Crippen molar-refractivity contribution in [2.24, 2.45) is 11.8 Å². The molecule has 1 aliphatic heterocycles. The quantitative estimate of drug-likeness (QED) is 0.885. The van der Waals surface area contributed by atoms with E-state index in [-0.39, 0.29) is 17.9 Å². The number of urea groups is 1. The predicted octanol–water partition coefficient (Wildman–Crippen LogP) is 3.36. The molecule has 0 saturated carbocycles. The van der Waals surface area contributed by atoms with Crippen LogP contribution in [0.2, 0.25) is 5.02 Å². The zero-order chi connectivity index (χ0) is 16.8. The molecule has 0 unspecified atom stereocenters. The number of halogens is 1.